The first-order chi connectivity index (χ1) is 12.3. The molecule has 0 bridgehead atoms. The Kier molecular flexibility index (Phi) is 4.37. The molecular weight excluding hydrogens is 312 g/mol. The van der Waals surface area contributed by atoms with Crippen molar-refractivity contribution in [2.24, 2.45) is 5.92 Å². The number of nitrogens with zero attached hydrogens (tertiary/aromatic N) is 4. The summed E-state index contributed by atoms with van der Waals surface area (Å²) in [6, 6.07) is 21.1. The zero-order chi connectivity index (χ0) is 17.1. The maximum atomic E-state index is 5.45. The SMILES string of the molecule is CN(CC1CCN(c2ccccc2)C1)c1nc(-c2ccccc2)no1. The maximum Gasteiger partial charge on any atom is 0.324 e. The molecule has 4 rings (SSSR count). The Balaban J connectivity index is 1.38. The van der Waals surface area contributed by atoms with E-state index in [0.29, 0.717) is 17.8 Å². The number of anilines is 2. The third kappa shape index (κ3) is 3.50. The van der Waals surface area contributed by atoms with E-state index in [1.165, 1.54) is 12.1 Å². The van der Waals surface area contributed by atoms with Gasteiger partial charge in [0.25, 0.3) is 0 Å². The number of rotatable bonds is 5. The van der Waals surface area contributed by atoms with Crippen LogP contribution in [-0.4, -0.2) is 36.8 Å². The van der Waals surface area contributed by atoms with Crippen molar-refractivity contribution in [3.05, 3.63) is 60.7 Å². The van der Waals surface area contributed by atoms with E-state index in [1.807, 2.05) is 37.4 Å². The molecule has 1 aliphatic heterocycles. The molecule has 0 saturated carbocycles. The highest BCUT2D eigenvalue weighted by atomic mass is 16.5. The molecule has 0 aliphatic carbocycles. The number of hydrogen-bond acceptors (Lipinski definition) is 5. The van der Waals surface area contributed by atoms with Crippen molar-refractivity contribution in [3.8, 4) is 11.4 Å². The average Bonchev–Trinajstić information content (AvgIpc) is 3.33. The summed E-state index contributed by atoms with van der Waals surface area (Å²) in [6.45, 7) is 3.08. The molecule has 1 aromatic heterocycles. The largest absolute Gasteiger partial charge is 0.371 e. The second kappa shape index (κ2) is 6.97. The third-order valence-electron chi connectivity index (χ3n) is 4.71. The summed E-state index contributed by atoms with van der Waals surface area (Å²) in [7, 11) is 2.02. The van der Waals surface area contributed by atoms with Crippen LogP contribution in [0.4, 0.5) is 11.7 Å². The molecular formula is C20H22N4O. The lowest BCUT2D eigenvalue weighted by Crippen LogP contribution is -2.28. The predicted molar refractivity (Wildman–Crippen MR) is 99.8 cm³/mol. The van der Waals surface area contributed by atoms with Gasteiger partial charge in [0.1, 0.15) is 0 Å². The highest BCUT2D eigenvalue weighted by Gasteiger charge is 2.25. The monoisotopic (exact) mass is 334 g/mol. The van der Waals surface area contributed by atoms with Crippen molar-refractivity contribution in [3.63, 3.8) is 0 Å². The Morgan fingerprint density at radius 2 is 1.80 bits per heavy atom. The molecule has 0 N–H and O–H groups in total. The molecule has 1 fully saturated rings. The van der Waals surface area contributed by atoms with Crippen molar-refractivity contribution in [1.29, 1.82) is 0 Å². The lowest BCUT2D eigenvalue weighted by atomic mass is 10.1. The standard InChI is InChI=1S/C20H22N4O/c1-23(20-21-19(22-25-20)17-8-4-2-5-9-17)14-16-12-13-24(15-16)18-10-6-3-7-11-18/h2-11,16H,12-15H2,1H3. The maximum absolute atomic E-state index is 5.45. The van der Waals surface area contributed by atoms with E-state index in [0.717, 1.165) is 25.2 Å². The van der Waals surface area contributed by atoms with E-state index in [9.17, 15) is 0 Å². The second-order valence-corrected chi connectivity index (χ2v) is 6.58. The highest BCUT2D eigenvalue weighted by molar-refractivity contribution is 5.55. The van der Waals surface area contributed by atoms with Crippen molar-refractivity contribution in [2.75, 3.05) is 36.5 Å². The topological polar surface area (TPSA) is 45.4 Å². The first-order valence-corrected chi connectivity index (χ1v) is 8.70. The molecule has 1 unspecified atom stereocenters. The predicted octanol–water partition coefficient (Wildman–Crippen LogP) is 3.70. The van der Waals surface area contributed by atoms with Crippen LogP contribution in [0.5, 0.6) is 0 Å². The van der Waals surface area contributed by atoms with Crippen LogP contribution in [0.25, 0.3) is 11.4 Å². The number of hydrogen-bond donors (Lipinski definition) is 0. The van der Waals surface area contributed by atoms with Gasteiger partial charge in [-0.2, -0.15) is 4.98 Å². The molecule has 5 heteroatoms. The molecule has 128 valence electrons. The van der Waals surface area contributed by atoms with Crippen LogP contribution in [0.3, 0.4) is 0 Å². The Labute approximate surface area is 147 Å². The summed E-state index contributed by atoms with van der Waals surface area (Å²) in [5.41, 5.74) is 2.28. The molecule has 2 aromatic carbocycles. The first kappa shape index (κ1) is 15.7. The minimum Gasteiger partial charge on any atom is -0.371 e. The smallest absolute Gasteiger partial charge is 0.324 e. The lowest BCUT2D eigenvalue weighted by molar-refractivity contribution is 0.411. The molecule has 1 atom stereocenters. The molecule has 5 nitrogen and oxygen atoms in total. The van der Waals surface area contributed by atoms with Crippen molar-refractivity contribution in [1.82, 2.24) is 10.1 Å². The lowest BCUT2D eigenvalue weighted by Gasteiger charge is -2.21. The van der Waals surface area contributed by atoms with Crippen LogP contribution in [0.1, 0.15) is 6.42 Å². The molecule has 0 spiro atoms. The zero-order valence-corrected chi connectivity index (χ0v) is 14.4. The fourth-order valence-corrected chi connectivity index (χ4v) is 3.40. The Morgan fingerprint density at radius 3 is 2.56 bits per heavy atom. The molecule has 1 saturated heterocycles. The van der Waals surface area contributed by atoms with Crippen molar-refractivity contribution >= 4 is 11.7 Å². The molecule has 25 heavy (non-hydrogen) atoms. The van der Waals surface area contributed by atoms with Gasteiger partial charge < -0.3 is 14.3 Å². The molecule has 0 radical (unpaired) electrons. The summed E-state index contributed by atoms with van der Waals surface area (Å²) < 4.78 is 5.45. The van der Waals surface area contributed by atoms with Gasteiger partial charge in [-0.25, -0.2) is 0 Å². The van der Waals surface area contributed by atoms with E-state index >= 15 is 0 Å². The van der Waals surface area contributed by atoms with Gasteiger partial charge in [0, 0.05) is 37.9 Å². The Hall–Kier alpha value is -2.82. The van der Waals surface area contributed by atoms with Gasteiger partial charge in [-0.3, -0.25) is 0 Å². The average molecular weight is 334 g/mol. The van der Waals surface area contributed by atoms with Crippen molar-refractivity contribution < 1.29 is 4.52 Å². The molecule has 1 aliphatic rings. The van der Waals surface area contributed by atoms with Crippen LogP contribution in [-0.2, 0) is 0 Å². The molecule has 2 heterocycles. The second-order valence-electron chi connectivity index (χ2n) is 6.58. The normalized spacial score (nSPS) is 17.0. The summed E-state index contributed by atoms with van der Waals surface area (Å²) in [5.74, 6) is 1.23. The summed E-state index contributed by atoms with van der Waals surface area (Å²) in [4.78, 5) is 9.05. The quantitative estimate of drug-likeness (QED) is 0.712. The van der Waals surface area contributed by atoms with E-state index in [-0.39, 0.29) is 0 Å². The fraction of sp³-hybridized carbons (Fsp3) is 0.300. The third-order valence-corrected chi connectivity index (χ3v) is 4.71. The van der Waals surface area contributed by atoms with Gasteiger partial charge in [-0.15, -0.1) is 0 Å². The number of benzene rings is 2. The van der Waals surface area contributed by atoms with Crippen LogP contribution < -0.4 is 9.80 Å². The van der Waals surface area contributed by atoms with Gasteiger partial charge in [-0.05, 0) is 24.5 Å². The minimum absolute atomic E-state index is 0.581. The summed E-state index contributed by atoms with van der Waals surface area (Å²) >= 11 is 0. The van der Waals surface area contributed by atoms with E-state index in [2.05, 4.69) is 50.3 Å². The van der Waals surface area contributed by atoms with E-state index in [1.54, 1.807) is 0 Å². The van der Waals surface area contributed by atoms with Crippen LogP contribution in [0.15, 0.2) is 65.2 Å². The number of para-hydroxylation sites is 1. The van der Waals surface area contributed by atoms with Gasteiger partial charge in [0.15, 0.2) is 0 Å². The van der Waals surface area contributed by atoms with Gasteiger partial charge >= 0.3 is 6.01 Å². The molecule has 0 amide bonds. The van der Waals surface area contributed by atoms with E-state index in [4.69, 9.17) is 4.52 Å². The van der Waals surface area contributed by atoms with Gasteiger partial charge in [0.05, 0.1) is 0 Å². The van der Waals surface area contributed by atoms with Gasteiger partial charge in [-0.1, -0.05) is 53.7 Å². The summed E-state index contributed by atoms with van der Waals surface area (Å²) in [6.07, 6.45) is 1.18. The molecule has 3 aromatic rings. The highest BCUT2D eigenvalue weighted by Crippen LogP contribution is 2.25. The fourth-order valence-electron chi connectivity index (χ4n) is 3.40. The van der Waals surface area contributed by atoms with Gasteiger partial charge in [0.2, 0.25) is 5.82 Å². The van der Waals surface area contributed by atoms with E-state index < -0.39 is 0 Å². The minimum atomic E-state index is 0.581. The summed E-state index contributed by atoms with van der Waals surface area (Å²) in [5, 5.41) is 4.11. The Bertz CT molecular complexity index is 803. The Morgan fingerprint density at radius 1 is 1.08 bits per heavy atom. The zero-order valence-electron chi connectivity index (χ0n) is 14.4. The number of aromatic nitrogens is 2. The van der Waals surface area contributed by atoms with Crippen LogP contribution in [0.2, 0.25) is 0 Å². The van der Waals surface area contributed by atoms with Crippen LogP contribution in [0, 0.1) is 5.92 Å². The van der Waals surface area contributed by atoms with Crippen molar-refractivity contribution in [2.45, 2.75) is 6.42 Å². The first-order valence-electron chi connectivity index (χ1n) is 8.70. The van der Waals surface area contributed by atoms with Crippen LogP contribution >= 0.6 is 0 Å².